The molecule has 1 N–H and O–H groups in total. The van der Waals surface area contributed by atoms with Gasteiger partial charge in [0, 0.05) is 5.41 Å². The maximum atomic E-state index is 11.8. The lowest BCUT2D eigenvalue weighted by Crippen LogP contribution is -2.38. The molecule has 1 aliphatic rings. The Bertz CT molecular complexity index is 842. The fourth-order valence-electron chi connectivity index (χ4n) is 2.32. The number of fused-ring (bicyclic) bond motifs is 1. The predicted octanol–water partition coefficient (Wildman–Crippen LogP) is 1.65. The van der Waals surface area contributed by atoms with E-state index in [1.807, 2.05) is 36.4 Å². The lowest BCUT2D eigenvalue weighted by molar-refractivity contribution is -0.123. The molecule has 1 amide bonds. The van der Waals surface area contributed by atoms with Gasteiger partial charge in [-0.15, -0.1) is 0 Å². The highest BCUT2D eigenvalue weighted by Crippen LogP contribution is 2.20. The van der Waals surface area contributed by atoms with Crippen LogP contribution < -0.4 is 10.1 Å². The zero-order valence-electron chi connectivity index (χ0n) is 11.7. The van der Waals surface area contributed by atoms with Crippen molar-refractivity contribution in [2.75, 3.05) is 12.4 Å². The molecule has 1 unspecified atom stereocenters. The molecule has 0 saturated heterocycles. The number of carbonyl (C=O) groups is 1. The Morgan fingerprint density at radius 3 is 2.68 bits per heavy atom. The van der Waals surface area contributed by atoms with Crippen LogP contribution >= 0.6 is 0 Å². The van der Waals surface area contributed by atoms with Gasteiger partial charge >= 0.3 is 0 Å². The summed E-state index contributed by atoms with van der Waals surface area (Å²) in [4.78, 5) is 11.8. The number of amides is 1. The second-order valence-corrected chi connectivity index (χ2v) is 7.06. The smallest absolute Gasteiger partial charge is 0.258 e. The van der Waals surface area contributed by atoms with Gasteiger partial charge in [0.2, 0.25) is 0 Å². The Hall–Kier alpha value is -2.34. The van der Waals surface area contributed by atoms with Gasteiger partial charge in [0.15, 0.2) is 16.4 Å². The summed E-state index contributed by atoms with van der Waals surface area (Å²) in [5.74, 6) is 0.165. The van der Waals surface area contributed by atoms with Gasteiger partial charge in [-0.3, -0.25) is 4.79 Å². The van der Waals surface area contributed by atoms with Gasteiger partial charge in [0.05, 0.1) is 11.8 Å². The summed E-state index contributed by atoms with van der Waals surface area (Å²) in [6, 6.07) is 13.0. The molecule has 0 radical (unpaired) electrons. The van der Waals surface area contributed by atoms with Crippen LogP contribution in [0.4, 0.5) is 0 Å². The molecule has 2 aromatic carbocycles. The first-order valence-corrected chi connectivity index (χ1v) is 8.55. The third-order valence-electron chi connectivity index (χ3n) is 3.37. The topological polar surface area (TPSA) is 72.5 Å². The van der Waals surface area contributed by atoms with Crippen LogP contribution in [0.5, 0.6) is 5.75 Å². The molecule has 3 rings (SSSR count). The second-order valence-electron chi connectivity index (χ2n) is 5.13. The maximum Gasteiger partial charge on any atom is 0.258 e. The molecule has 22 heavy (non-hydrogen) atoms. The van der Waals surface area contributed by atoms with Crippen LogP contribution in [0.15, 0.2) is 53.9 Å². The highest BCUT2D eigenvalue weighted by molar-refractivity contribution is 7.94. The number of hydrogen-bond donors (Lipinski definition) is 1. The van der Waals surface area contributed by atoms with Crippen molar-refractivity contribution in [3.63, 3.8) is 0 Å². The molecule has 114 valence electrons. The highest BCUT2D eigenvalue weighted by Gasteiger charge is 2.22. The average Bonchev–Trinajstić information content (AvgIpc) is 2.84. The summed E-state index contributed by atoms with van der Waals surface area (Å²) in [5, 5.41) is 5.87. The molecule has 2 aromatic rings. The van der Waals surface area contributed by atoms with Gasteiger partial charge < -0.3 is 10.1 Å². The van der Waals surface area contributed by atoms with Gasteiger partial charge in [0.1, 0.15) is 5.75 Å². The molecule has 0 aromatic heterocycles. The largest absolute Gasteiger partial charge is 0.484 e. The van der Waals surface area contributed by atoms with Crippen LogP contribution in [0, 0.1) is 0 Å². The zero-order valence-corrected chi connectivity index (χ0v) is 12.5. The van der Waals surface area contributed by atoms with Gasteiger partial charge in [-0.2, -0.15) is 0 Å². The minimum absolute atomic E-state index is 0.0886. The molecule has 1 aliphatic heterocycles. The normalized spacial score (nSPS) is 19.2. The molecule has 6 heteroatoms. The van der Waals surface area contributed by atoms with Crippen molar-refractivity contribution in [3.8, 4) is 5.75 Å². The predicted molar refractivity (Wildman–Crippen MR) is 84.3 cm³/mol. The van der Waals surface area contributed by atoms with Crippen molar-refractivity contribution in [2.45, 2.75) is 6.04 Å². The van der Waals surface area contributed by atoms with E-state index in [1.165, 1.54) is 6.08 Å². The van der Waals surface area contributed by atoms with E-state index in [9.17, 15) is 13.2 Å². The van der Waals surface area contributed by atoms with Gasteiger partial charge in [-0.1, -0.05) is 30.3 Å². The van der Waals surface area contributed by atoms with Crippen molar-refractivity contribution in [1.29, 1.82) is 0 Å². The van der Waals surface area contributed by atoms with Crippen molar-refractivity contribution in [3.05, 3.63) is 53.9 Å². The van der Waals surface area contributed by atoms with E-state index < -0.39 is 15.9 Å². The van der Waals surface area contributed by atoms with Crippen molar-refractivity contribution in [1.82, 2.24) is 5.32 Å². The summed E-state index contributed by atoms with van der Waals surface area (Å²) in [5.41, 5.74) is 0. The molecule has 5 nitrogen and oxygen atoms in total. The van der Waals surface area contributed by atoms with Crippen molar-refractivity contribution in [2.24, 2.45) is 0 Å². The second kappa shape index (κ2) is 5.81. The van der Waals surface area contributed by atoms with E-state index in [-0.39, 0.29) is 18.3 Å². The third kappa shape index (κ3) is 3.46. The number of hydrogen-bond acceptors (Lipinski definition) is 4. The monoisotopic (exact) mass is 317 g/mol. The molecular formula is C16H15NO4S. The van der Waals surface area contributed by atoms with Crippen LogP contribution in [0.2, 0.25) is 0 Å². The van der Waals surface area contributed by atoms with Crippen molar-refractivity contribution < 1.29 is 17.9 Å². The number of carbonyl (C=O) groups excluding carboxylic acids is 1. The SMILES string of the molecule is O=C(COc1ccc2ccccc2c1)NC1C=CS(=O)(=O)C1. The maximum absolute atomic E-state index is 11.8. The Morgan fingerprint density at radius 2 is 1.95 bits per heavy atom. The fourth-order valence-corrected chi connectivity index (χ4v) is 3.56. The highest BCUT2D eigenvalue weighted by atomic mass is 32.2. The summed E-state index contributed by atoms with van der Waals surface area (Å²) in [6.45, 7) is -0.150. The minimum atomic E-state index is -3.17. The van der Waals surface area contributed by atoms with E-state index in [2.05, 4.69) is 5.32 Å². The summed E-state index contributed by atoms with van der Waals surface area (Å²) >= 11 is 0. The Balaban J connectivity index is 1.57. The lowest BCUT2D eigenvalue weighted by Gasteiger charge is -2.11. The molecule has 0 saturated carbocycles. The Morgan fingerprint density at radius 1 is 1.18 bits per heavy atom. The molecule has 0 fully saturated rings. The Kier molecular flexibility index (Phi) is 3.85. The van der Waals surface area contributed by atoms with Crippen LogP contribution in [0.1, 0.15) is 0 Å². The number of ether oxygens (including phenoxy) is 1. The zero-order chi connectivity index (χ0) is 15.6. The van der Waals surface area contributed by atoms with E-state index in [0.717, 1.165) is 16.2 Å². The first-order valence-electron chi connectivity index (χ1n) is 6.84. The van der Waals surface area contributed by atoms with E-state index in [4.69, 9.17) is 4.74 Å². The summed E-state index contributed by atoms with van der Waals surface area (Å²) in [6.07, 6.45) is 1.48. The lowest BCUT2D eigenvalue weighted by atomic mass is 10.1. The van der Waals surface area contributed by atoms with E-state index >= 15 is 0 Å². The number of nitrogens with one attached hydrogen (secondary N) is 1. The van der Waals surface area contributed by atoms with Crippen LogP contribution in [0.3, 0.4) is 0 Å². The number of benzene rings is 2. The van der Waals surface area contributed by atoms with Crippen LogP contribution in [0.25, 0.3) is 10.8 Å². The minimum Gasteiger partial charge on any atom is -0.484 e. The van der Waals surface area contributed by atoms with Crippen LogP contribution in [-0.2, 0) is 14.6 Å². The molecular weight excluding hydrogens is 302 g/mol. The summed E-state index contributed by atoms with van der Waals surface area (Å²) < 4.78 is 28.0. The standard InChI is InChI=1S/C16H15NO4S/c18-16(17-14-7-8-22(19,20)11-14)10-21-15-6-5-12-3-1-2-4-13(12)9-15/h1-9,14H,10-11H2,(H,17,18). The van der Waals surface area contributed by atoms with E-state index in [1.54, 1.807) is 6.07 Å². The first-order chi connectivity index (χ1) is 10.5. The van der Waals surface area contributed by atoms with Crippen LogP contribution in [-0.4, -0.2) is 32.7 Å². The number of rotatable bonds is 4. The average molecular weight is 317 g/mol. The molecule has 1 heterocycles. The molecule has 0 aliphatic carbocycles. The summed E-state index contributed by atoms with van der Waals surface area (Å²) in [7, 11) is -3.17. The molecule has 0 spiro atoms. The quantitative estimate of drug-likeness (QED) is 0.930. The van der Waals surface area contributed by atoms with Gasteiger partial charge in [0.25, 0.3) is 5.91 Å². The van der Waals surface area contributed by atoms with Gasteiger partial charge in [-0.25, -0.2) is 8.42 Å². The third-order valence-corrected chi connectivity index (χ3v) is 4.76. The fraction of sp³-hybridized carbons (Fsp3) is 0.188. The van der Waals surface area contributed by atoms with Crippen molar-refractivity contribution >= 4 is 26.5 Å². The Labute approximate surface area is 128 Å². The van der Waals surface area contributed by atoms with Gasteiger partial charge in [-0.05, 0) is 29.0 Å². The first kappa shape index (κ1) is 14.6. The van der Waals surface area contributed by atoms with E-state index in [0.29, 0.717) is 5.75 Å². The molecule has 1 atom stereocenters. The molecule has 0 bridgehead atoms. The number of sulfone groups is 1.